The minimum Gasteiger partial charge on any atom is -0.338 e. The summed E-state index contributed by atoms with van der Waals surface area (Å²) >= 11 is 1.73. The first-order valence-corrected chi connectivity index (χ1v) is 8.04. The molecule has 0 bridgehead atoms. The second-order valence-corrected chi connectivity index (χ2v) is 6.06. The van der Waals surface area contributed by atoms with E-state index in [0.717, 1.165) is 32.7 Å². The van der Waals surface area contributed by atoms with E-state index in [4.69, 9.17) is 0 Å². The Hall–Kier alpha value is -1.73. The molecule has 1 aliphatic heterocycles. The van der Waals surface area contributed by atoms with Crippen LogP contribution >= 0.6 is 11.3 Å². The van der Waals surface area contributed by atoms with Crippen LogP contribution in [0, 0.1) is 0 Å². The summed E-state index contributed by atoms with van der Waals surface area (Å²) < 4.78 is 1.61. The SMILES string of the molecule is CC(C(=O)N1CCN(Cc2ccsc2)CC1)n1cncn1. The van der Waals surface area contributed by atoms with Crippen LogP contribution in [-0.4, -0.2) is 56.7 Å². The Morgan fingerprint density at radius 2 is 2.19 bits per heavy atom. The van der Waals surface area contributed by atoms with Crippen molar-refractivity contribution in [3.8, 4) is 0 Å². The molecule has 2 aromatic heterocycles. The molecule has 0 aromatic carbocycles. The molecule has 7 heteroatoms. The van der Waals surface area contributed by atoms with E-state index in [2.05, 4.69) is 31.8 Å². The van der Waals surface area contributed by atoms with Crippen LogP contribution in [0.4, 0.5) is 0 Å². The molecule has 1 fully saturated rings. The van der Waals surface area contributed by atoms with Crippen LogP contribution in [0.15, 0.2) is 29.5 Å². The van der Waals surface area contributed by atoms with E-state index in [1.165, 1.54) is 11.9 Å². The Kier molecular flexibility index (Phi) is 4.31. The summed E-state index contributed by atoms with van der Waals surface area (Å²) in [5, 5.41) is 8.34. The average molecular weight is 305 g/mol. The fourth-order valence-corrected chi connectivity index (χ4v) is 3.22. The van der Waals surface area contributed by atoms with Gasteiger partial charge in [-0.25, -0.2) is 9.67 Å². The first-order chi connectivity index (χ1) is 10.2. The fourth-order valence-electron chi connectivity index (χ4n) is 2.56. The number of hydrogen-bond acceptors (Lipinski definition) is 5. The highest BCUT2D eigenvalue weighted by molar-refractivity contribution is 7.07. The number of rotatable bonds is 4. The standard InChI is InChI=1S/C14H19N5OS/c1-12(19-11-15-10-16-19)14(20)18-5-3-17(4-6-18)8-13-2-7-21-9-13/h2,7,9-12H,3-6,8H2,1H3. The molecule has 1 atom stereocenters. The molecule has 0 aliphatic carbocycles. The molecule has 3 heterocycles. The van der Waals surface area contributed by atoms with Crippen molar-refractivity contribution in [3.05, 3.63) is 35.0 Å². The third kappa shape index (κ3) is 3.30. The molecular formula is C14H19N5OS. The van der Waals surface area contributed by atoms with Gasteiger partial charge in [0.25, 0.3) is 0 Å². The lowest BCUT2D eigenvalue weighted by atomic mass is 10.2. The zero-order valence-electron chi connectivity index (χ0n) is 12.1. The maximum Gasteiger partial charge on any atom is 0.247 e. The van der Waals surface area contributed by atoms with Crippen LogP contribution in [-0.2, 0) is 11.3 Å². The Labute approximate surface area is 128 Å². The van der Waals surface area contributed by atoms with E-state index in [1.807, 2.05) is 11.8 Å². The highest BCUT2D eigenvalue weighted by Gasteiger charge is 2.26. The zero-order chi connectivity index (χ0) is 14.7. The van der Waals surface area contributed by atoms with Crippen molar-refractivity contribution in [2.75, 3.05) is 26.2 Å². The summed E-state index contributed by atoms with van der Waals surface area (Å²) in [5.41, 5.74) is 1.36. The number of hydrogen-bond donors (Lipinski definition) is 0. The van der Waals surface area contributed by atoms with E-state index >= 15 is 0 Å². The second-order valence-electron chi connectivity index (χ2n) is 5.28. The Bertz CT molecular complexity index is 560. The van der Waals surface area contributed by atoms with Crippen molar-refractivity contribution < 1.29 is 4.79 Å². The molecule has 112 valence electrons. The Morgan fingerprint density at radius 3 is 2.81 bits per heavy atom. The lowest BCUT2D eigenvalue weighted by Crippen LogP contribution is -2.49. The van der Waals surface area contributed by atoms with E-state index in [-0.39, 0.29) is 11.9 Å². The highest BCUT2D eigenvalue weighted by Crippen LogP contribution is 2.14. The lowest BCUT2D eigenvalue weighted by molar-refractivity contribution is -0.136. The van der Waals surface area contributed by atoms with Crippen LogP contribution in [0.3, 0.4) is 0 Å². The maximum atomic E-state index is 12.4. The van der Waals surface area contributed by atoms with Gasteiger partial charge in [0.1, 0.15) is 18.7 Å². The van der Waals surface area contributed by atoms with Gasteiger partial charge in [0, 0.05) is 32.7 Å². The van der Waals surface area contributed by atoms with E-state index in [1.54, 1.807) is 22.3 Å². The molecule has 1 aliphatic rings. The van der Waals surface area contributed by atoms with Gasteiger partial charge in [-0.05, 0) is 29.3 Å². The largest absolute Gasteiger partial charge is 0.338 e. The predicted octanol–water partition coefficient (Wildman–Crippen LogP) is 1.25. The van der Waals surface area contributed by atoms with E-state index < -0.39 is 0 Å². The summed E-state index contributed by atoms with van der Waals surface area (Å²) in [5.74, 6) is 0.121. The molecule has 0 N–H and O–H groups in total. The van der Waals surface area contributed by atoms with Crippen LogP contribution in [0.5, 0.6) is 0 Å². The smallest absolute Gasteiger partial charge is 0.247 e. The molecule has 21 heavy (non-hydrogen) atoms. The van der Waals surface area contributed by atoms with Gasteiger partial charge in [-0.3, -0.25) is 9.69 Å². The van der Waals surface area contributed by atoms with Crippen molar-refractivity contribution in [1.29, 1.82) is 0 Å². The fraction of sp³-hybridized carbons (Fsp3) is 0.500. The van der Waals surface area contributed by atoms with E-state index in [0.29, 0.717) is 0 Å². The number of carbonyl (C=O) groups is 1. The van der Waals surface area contributed by atoms with Crippen LogP contribution in [0.1, 0.15) is 18.5 Å². The van der Waals surface area contributed by atoms with Crippen molar-refractivity contribution >= 4 is 17.2 Å². The molecule has 0 radical (unpaired) electrons. The Morgan fingerprint density at radius 1 is 1.38 bits per heavy atom. The molecule has 3 rings (SSSR count). The minimum absolute atomic E-state index is 0.121. The quantitative estimate of drug-likeness (QED) is 0.853. The van der Waals surface area contributed by atoms with Crippen molar-refractivity contribution in [3.63, 3.8) is 0 Å². The van der Waals surface area contributed by atoms with Gasteiger partial charge < -0.3 is 4.90 Å². The van der Waals surface area contributed by atoms with Crippen LogP contribution < -0.4 is 0 Å². The number of nitrogens with zero attached hydrogens (tertiary/aromatic N) is 5. The van der Waals surface area contributed by atoms with Gasteiger partial charge in [-0.2, -0.15) is 16.4 Å². The van der Waals surface area contributed by atoms with Crippen molar-refractivity contribution in [2.45, 2.75) is 19.5 Å². The lowest BCUT2D eigenvalue weighted by Gasteiger charge is -2.35. The number of carbonyl (C=O) groups excluding carboxylic acids is 1. The molecule has 6 nitrogen and oxygen atoms in total. The van der Waals surface area contributed by atoms with Gasteiger partial charge >= 0.3 is 0 Å². The number of piperazine rings is 1. The summed E-state index contributed by atoms with van der Waals surface area (Å²) in [6.45, 7) is 6.25. The third-order valence-electron chi connectivity index (χ3n) is 3.86. The molecule has 1 unspecified atom stereocenters. The third-order valence-corrected chi connectivity index (χ3v) is 4.59. The molecular weight excluding hydrogens is 286 g/mol. The molecule has 0 spiro atoms. The number of amides is 1. The predicted molar refractivity (Wildman–Crippen MR) is 80.9 cm³/mol. The minimum atomic E-state index is -0.282. The van der Waals surface area contributed by atoms with Crippen LogP contribution in [0.25, 0.3) is 0 Å². The number of aromatic nitrogens is 3. The summed E-state index contributed by atoms with van der Waals surface area (Å²) in [6, 6.07) is 1.88. The number of thiophene rings is 1. The highest BCUT2D eigenvalue weighted by atomic mass is 32.1. The van der Waals surface area contributed by atoms with Gasteiger partial charge in [0.2, 0.25) is 5.91 Å². The first-order valence-electron chi connectivity index (χ1n) is 7.10. The normalized spacial score (nSPS) is 17.9. The Balaban J connectivity index is 1.52. The second kappa shape index (κ2) is 6.36. The molecule has 1 saturated heterocycles. The zero-order valence-corrected chi connectivity index (χ0v) is 12.9. The molecule has 1 amide bonds. The maximum absolute atomic E-state index is 12.4. The van der Waals surface area contributed by atoms with Crippen molar-refractivity contribution in [2.24, 2.45) is 0 Å². The monoisotopic (exact) mass is 305 g/mol. The van der Waals surface area contributed by atoms with Gasteiger partial charge in [-0.15, -0.1) is 0 Å². The summed E-state index contributed by atoms with van der Waals surface area (Å²) in [7, 11) is 0. The first kappa shape index (κ1) is 14.2. The van der Waals surface area contributed by atoms with Gasteiger partial charge in [0.15, 0.2) is 0 Å². The summed E-state index contributed by atoms with van der Waals surface area (Å²) in [6.07, 6.45) is 3.05. The molecule has 2 aromatic rings. The average Bonchev–Trinajstić information content (AvgIpc) is 3.20. The van der Waals surface area contributed by atoms with Gasteiger partial charge in [-0.1, -0.05) is 0 Å². The topological polar surface area (TPSA) is 54.3 Å². The van der Waals surface area contributed by atoms with E-state index in [9.17, 15) is 4.79 Å². The van der Waals surface area contributed by atoms with Crippen molar-refractivity contribution in [1.82, 2.24) is 24.6 Å². The summed E-state index contributed by atoms with van der Waals surface area (Å²) in [4.78, 5) is 20.7. The molecule has 0 saturated carbocycles. The van der Waals surface area contributed by atoms with Crippen LogP contribution in [0.2, 0.25) is 0 Å². The van der Waals surface area contributed by atoms with Gasteiger partial charge in [0.05, 0.1) is 0 Å².